The lowest BCUT2D eigenvalue weighted by Crippen LogP contribution is -2.15. The highest BCUT2D eigenvalue weighted by Gasteiger charge is 2.20. The summed E-state index contributed by atoms with van der Waals surface area (Å²) < 4.78 is 5.89. The van der Waals surface area contributed by atoms with E-state index in [9.17, 15) is 0 Å². The Kier molecular flexibility index (Phi) is 5.03. The molecule has 1 aliphatic rings. The second-order valence-corrected chi connectivity index (χ2v) is 5.49. The van der Waals surface area contributed by atoms with Gasteiger partial charge in [0.2, 0.25) is 0 Å². The van der Waals surface area contributed by atoms with Crippen molar-refractivity contribution in [2.45, 2.75) is 52.1 Å². The van der Waals surface area contributed by atoms with Crippen LogP contribution in [0.3, 0.4) is 0 Å². The summed E-state index contributed by atoms with van der Waals surface area (Å²) in [6, 6.07) is 5.24. The summed E-state index contributed by atoms with van der Waals surface area (Å²) in [6.45, 7) is 9.75. The molecule has 0 amide bonds. The molecule has 1 aromatic rings. The molecule has 0 aliphatic heterocycles. The van der Waals surface area contributed by atoms with Crippen LogP contribution in [0.2, 0.25) is 0 Å². The van der Waals surface area contributed by atoms with Crippen molar-refractivity contribution < 1.29 is 4.74 Å². The average Bonchev–Trinajstić information content (AvgIpc) is 3.18. The molecule has 0 bridgehead atoms. The van der Waals surface area contributed by atoms with E-state index in [0.717, 1.165) is 37.8 Å². The smallest absolute Gasteiger partial charge is 0.125 e. The molecule has 0 radical (unpaired) electrons. The Labute approximate surface area is 116 Å². The van der Waals surface area contributed by atoms with Gasteiger partial charge in [-0.05, 0) is 56.2 Å². The number of rotatable bonds is 8. The summed E-state index contributed by atoms with van der Waals surface area (Å²) in [5.74, 6) is 1.05. The van der Waals surface area contributed by atoms with Crippen molar-refractivity contribution in [3.63, 3.8) is 0 Å². The van der Waals surface area contributed by atoms with Crippen LogP contribution in [0.1, 0.15) is 42.4 Å². The van der Waals surface area contributed by atoms with E-state index in [2.05, 4.69) is 37.9 Å². The van der Waals surface area contributed by atoms with Crippen molar-refractivity contribution >= 4 is 0 Å². The summed E-state index contributed by atoms with van der Waals surface area (Å²) >= 11 is 0. The maximum absolute atomic E-state index is 5.89. The van der Waals surface area contributed by atoms with Gasteiger partial charge >= 0.3 is 0 Å². The lowest BCUT2D eigenvalue weighted by molar-refractivity contribution is 0.308. The molecule has 104 valence electrons. The second kappa shape index (κ2) is 6.76. The largest absolute Gasteiger partial charge is 0.493 e. The first-order valence-corrected chi connectivity index (χ1v) is 7.28. The molecular weight excluding hydrogens is 234 g/mol. The van der Waals surface area contributed by atoms with E-state index in [-0.39, 0.29) is 0 Å². The van der Waals surface area contributed by atoms with Crippen LogP contribution >= 0.6 is 0 Å². The summed E-state index contributed by atoms with van der Waals surface area (Å²) in [7, 11) is 0. The monoisotopic (exact) mass is 259 g/mol. The first kappa shape index (κ1) is 14.1. The number of hydrogen-bond acceptors (Lipinski definition) is 2. The van der Waals surface area contributed by atoms with Gasteiger partial charge in [0, 0.05) is 12.6 Å². The van der Waals surface area contributed by atoms with Crippen LogP contribution < -0.4 is 10.1 Å². The first-order valence-electron chi connectivity index (χ1n) is 7.28. The molecule has 1 aliphatic carbocycles. The van der Waals surface area contributed by atoms with Gasteiger partial charge in [-0.15, -0.1) is 6.58 Å². The number of unbranched alkanes of at least 4 members (excludes halogenated alkanes) is 1. The van der Waals surface area contributed by atoms with Crippen molar-refractivity contribution in [2.75, 3.05) is 6.61 Å². The number of aryl methyl sites for hydroxylation is 2. The Morgan fingerprint density at radius 2 is 2.00 bits per heavy atom. The molecule has 0 unspecified atom stereocenters. The van der Waals surface area contributed by atoms with E-state index in [1.165, 1.54) is 29.5 Å². The Bertz CT molecular complexity index is 412. The molecule has 2 rings (SSSR count). The first-order chi connectivity index (χ1) is 9.20. The minimum absolute atomic E-state index is 0.760. The molecule has 0 atom stereocenters. The Morgan fingerprint density at radius 1 is 1.32 bits per heavy atom. The van der Waals surface area contributed by atoms with Gasteiger partial charge in [0.25, 0.3) is 0 Å². The zero-order valence-corrected chi connectivity index (χ0v) is 12.2. The van der Waals surface area contributed by atoms with E-state index in [1.54, 1.807) is 0 Å². The Morgan fingerprint density at radius 3 is 2.58 bits per heavy atom. The normalized spacial score (nSPS) is 14.4. The second-order valence-electron chi connectivity index (χ2n) is 5.49. The van der Waals surface area contributed by atoms with Gasteiger partial charge in [-0.1, -0.05) is 18.2 Å². The third kappa shape index (κ3) is 4.39. The van der Waals surface area contributed by atoms with Crippen molar-refractivity contribution in [3.8, 4) is 5.75 Å². The van der Waals surface area contributed by atoms with Crippen molar-refractivity contribution in [1.29, 1.82) is 0 Å². The number of nitrogens with one attached hydrogen (secondary N) is 1. The molecule has 1 saturated carbocycles. The Balaban J connectivity index is 1.92. The fraction of sp³-hybridized carbons (Fsp3) is 0.529. The quantitative estimate of drug-likeness (QED) is 0.564. The molecule has 1 N–H and O–H groups in total. The lowest BCUT2D eigenvalue weighted by Gasteiger charge is -2.14. The van der Waals surface area contributed by atoms with E-state index in [1.807, 2.05) is 6.08 Å². The van der Waals surface area contributed by atoms with Crippen LogP contribution in [0.5, 0.6) is 5.75 Å². The topological polar surface area (TPSA) is 21.3 Å². The van der Waals surface area contributed by atoms with E-state index >= 15 is 0 Å². The molecule has 0 aromatic heterocycles. The van der Waals surface area contributed by atoms with Gasteiger partial charge in [-0.2, -0.15) is 0 Å². The van der Waals surface area contributed by atoms with Crippen molar-refractivity contribution in [2.24, 2.45) is 0 Å². The molecule has 1 aromatic carbocycles. The third-order valence-corrected chi connectivity index (χ3v) is 3.49. The molecule has 1 fully saturated rings. The van der Waals surface area contributed by atoms with E-state index in [0.29, 0.717) is 0 Å². The minimum atomic E-state index is 0.760. The fourth-order valence-corrected chi connectivity index (χ4v) is 2.32. The van der Waals surface area contributed by atoms with Crippen molar-refractivity contribution in [1.82, 2.24) is 5.32 Å². The molecule has 19 heavy (non-hydrogen) atoms. The van der Waals surface area contributed by atoms with Crippen LogP contribution in [-0.2, 0) is 6.54 Å². The van der Waals surface area contributed by atoms with Gasteiger partial charge in [-0.3, -0.25) is 0 Å². The SMILES string of the molecule is C=CCCCOc1c(C)cc(CNC2CC2)cc1C. The lowest BCUT2D eigenvalue weighted by atomic mass is 10.1. The zero-order chi connectivity index (χ0) is 13.7. The minimum Gasteiger partial charge on any atom is -0.493 e. The van der Waals surface area contributed by atoms with Crippen molar-refractivity contribution in [3.05, 3.63) is 41.5 Å². The zero-order valence-electron chi connectivity index (χ0n) is 12.2. The van der Waals surface area contributed by atoms with Gasteiger partial charge in [0.1, 0.15) is 5.75 Å². The molecule has 0 spiro atoms. The summed E-state index contributed by atoms with van der Waals surface area (Å²) in [4.78, 5) is 0. The number of hydrogen-bond donors (Lipinski definition) is 1. The average molecular weight is 259 g/mol. The fourth-order valence-electron chi connectivity index (χ4n) is 2.32. The molecule has 0 heterocycles. The predicted octanol–water partition coefficient (Wildman–Crippen LogP) is 3.90. The number of allylic oxidation sites excluding steroid dienone is 1. The predicted molar refractivity (Wildman–Crippen MR) is 80.7 cm³/mol. The molecule has 0 saturated heterocycles. The summed E-state index contributed by atoms with van der Waals surface area (Å²) in [6.07, 6.45) is 6.66. The van der Waals surface area contributed by atoms with Crippen LogP contribution in [0.4, 0.5) is 0 Å². The Hall–Kier alpha value is -1.28. The van der Waals surface area contributed by atoms with Crippen LogP contribution in [-0.4, -0.2) is 12.6 Å². The van der Waals surface area contributed by atoms with Gasteiger partial charge < -0.3 is 10.1 Å². The highest BCUT2D eigenvalue weighted by molar-refractivity contribution is 5.43. The van der Waals surface area contributed by atoms with Gasteiger partial charge in [0.05, 0.1) is 6.61 Å². The van der Waals surface area contributed by atoms with E-state index in [4.69, 9.17) is 4.74 Å². The maximum atomic E-state index is 5.89. The summed E-state index contributed by atoms with van der Waals surface area (Å²) in [5, 5.41) is 3.55. The van der Waals surface area contributed by atoms with Crippen LogP contribution in [0.15, 0.2) is 24.8 Å². The van der Waals surface area contributed by atoms with Crippen LogP contribution in [0, 0.1) is 13.8 Å². The molecular formula is C17H25NO. The number of ether oxygens (including phenoxy) is 1. The molecule has 2 nitrogen and oxygen atoms in total. The maximum Gasteiger partial charge on any atom is 0.125 e. The summed E-state index contributed by atoms with van der Waals surface area (Å²) in [5.41, 5.74) is 3.85. The molecule has 2 heteroatoms. The van der Waals surface area contributed by atoms with E-state index < -0.39 is 0 Å². The van der Waals surface area contributed by atoms with Gasteiger partial charge in [0.15, 0.2) is 0 Å². The standard InChI is InChI=1S/C17H25NO/c1-4-5-6-9-19-17-13(2)10-15(11-14(17)3)12-18-16-7-8-16/h4,10-11,16,18H,1,5-9,12H2,2-3H3. The highest BCUT2D eigenvalue weighted by Crippen LogP contribution is 2.26. The van der Waals surface area contributed by atoms with Gasteiger partial charge in [-0.25, -0.2) is 0 Å². The highest BCUT2D eigenvalue weighted by atomic mass is 16.5. The third-order valence-electron chi connectivity index (χ3n) is 3.49. The number of benzene rings is 1. The van der Waals surface area contributed by atoms with Crippen LogP contribution in [0.25, 0.3) is 0 Å².